The molecule has 1 atom stereocenters. The number of thiophene rings is 1. The van der Waals surface area contributed by atoms with Gasteiger partial charge in [0.1, 0.15) is 11.9 Å². The second kappa shape index (κ2) is 7.35. The van der Waals surface area contributed by atoms with Crippen molar-refractivity contribution in [3.05, 3.63) is 59.4 Å². The minimum Gasteiger partial charge on any atom is -0.347 e. The topological polar surface area (TPSA) is 44.2 Å². The van der Waals surface area contributed by atoms with Gasteiger partial charge < -0.3 is 9.47 Å². The molecule has 1 saturated carbocycles. The van der Waals surface area contributed by atoms with E-state index in [0.29, 0.717) is 18.0 Å². The van der Waals surface area contributed by atoms with Crippen LogP contribution in [0.3, 0.4) is 0 Å². The maximum absolute atomic E-state index is 13.8. The molecule has 0 bridgehead atoms. The molecule has 6 heteroatoms. The summed E-state index contributed by atoms with van der Waals surface area (Å²) in [6, 6.07) is 12.4. The van der Waals surface area contributed by atoms with Crippen LogP contribution in [-0.2, 0) is 9.47 Å². The van der Waals surface area contributed by atoms with E-state index in [1.165, 1.54) is 18.6 Å². The number of rotatable bonds is 3. The number of benzene rings is 1. The van der Waals surface area contributed by atoms with E-state index in [2.05, 4.69) is 0 Å². The molecule has 2 fully saturated rings. The van der Waals surface area contributed by atoms with Gasteiger partial charge in [0, 0.05) is 18.4 Å². The maximum Gasteiger partial charge on any atom is 0.169 e. The Morgan fingerprint density at radius 2 is 1.93 bits per heavy atom. The summed E-state index contributed by atoms with van der Waals surface area (Å²) in [4.78, 5) is 10.5. The van der Waals surface area contributed by atoms with Gasteiger partial charge in [-0.05, 0) is 42.5 Å². The molecular formula is C22H21FN2O2S. The monoisotopic (exact) mass is 396 g/mol. The highest BCUT2D eigenvalue weighted by atomic mass is 32.1. The lowest BCUT2D eigenvalue weighted by Crippen LogP contribution is -2.32. The zero-order valence-electron chi connectivity index (χ0n) is 15.4. The largest absolute Gasteiger partial charge is 0.347 e. The Hall–Kier alpha value is -2.15. The molecular weight excluding hydrogens is 375 g/mol. The van der Waals surface area contributed by atoms with E-state index in [1.54, 1.807) is 17.4 Å². The summed E-state index contributed by atoms with van der Waals surface area (Å²) in [5.41, 5.74) is 2.28. The molecule has 0 radical (unpaired) electrons. The summed E-state index contributed by atoms with van der Waals surface area (Å²) in [6.45, 7) is 0.490. The summed E-state index contributed by atoms with van der Waals surface area (Å²) in [5, 5.41) is 2.02. The molecule has 1 unspecified atom stereocenters. The number of halogens is 1. The van der Waals surface area contributed by atoms with Crippen LogP contribution in [0.4, 0.5) is 4.39 Å². The molecule has 0 amide bonds. The van der Waals surface area contributed by atoms with Crippen LogP contribution in [0.1, 0.15) is 43.9 Å². The maximum atomic E-state index is 13.8. The number of aromatic nitrogens is 2. The van der Waals surface area contributed by atoms with E-state index in [0.717, 1.165) is 41.9 Å². The van der Waals surface area contributed by atoms with Gasteiger partial charge in [0.2, 0.25) is 0 Å². The van der Waals surface area contributed by atoms with Crippen molar-refractivity contribution in [2.24, 2.45) is 0 Å². The molecule has 4 nitrogen and oxygen atoms in total. The lowest BCUT2D eigenvalue weighted by atomic mass is 9.94. The lowest BCUT2D eigenvalue weighted by molar-refractivity contribution is -0.188. The van der Waals surface area contributed by atoms with Crippen LogP contribution in [0.15, 0.2) is 47.8 Å². The first-order valence-corrected chi connectivity index (χ1v) is 10.6. The van der Waals surface area contributed by atoms with Gasteiger partial charge in [0.25, 0.3) is 0 Å². The highest BCUT2D eigenvalue weighted by Gasteiger charge is 2.43. The van der Waals surface area contributed by atoms with Crippen molar-refractivity contribution in [3.63, 3.8) is 0 Å². The van der Waals surface area contributed by atoms with Crippen LogP contribution in [0.2, 0.25) is 0 Å². The highest BCUT2D eigenvalue weighted by Crippen LogP contribution is 2.43. The molecule has 0 N–H and O–H groups in total. The van der Waals surface area contributed by atoms with Crippen LogP contribution < -0.4 is 0 Å². The van der Waals surface area contributed by atoms with Crippen LogP contribution in [0.5, 0.6) is 0 Å². The Morgan fingerprint density at radius 3 is 2.71 bits per heavy atom. The minimum absolute atomic E-state index is 0.230. The molecule has 144 valence electrons. The van der Waals surface area contributed by atoms with Crippen molar-refractivity contribution < 1.29 is 13.9 Å². The van der Waals surface area contributed by atoms with E-state index >= 15 is 0 Å². The Kier molecular flexibility index (Phi) is 4.70. The van der Waals surface area contributed by atoms with Gasteiger partial charge in [-0.3, -0.25) is 0 Å². The zero-order chi connectivity index (χ0) is 19.0. The predicted octanol–water partition coefficient (Wildman–Crippen LogP) is 5.76. The third-order valence-corrected chi connectivity index (χ3v) is 6.29. The fourth-order valence-electron chi connectivity index (χ4n) is 3.99. The highest BCUT2D eigenvalue weighted by molar-refractivity contribution is 7.13. The van der Waals surface area contributed by atoms with Gasteiger partial charge in [-0.2, -0.15) is 0 Å². The second-order valence-electron chi connectivity index (χ2n) is 7.38. The Balaban J connectivity index is 1.54. The normalized spacial score (nSPS) is 21.2. The third kappa shape index (κ3) is 3.48. The summed E-state index contributed by atoms with van der Waals surface area (Å²) >= 11 is 1.62. The predicted molar refractivity (Wildman–Crippen MR) is 106 cm³/mol. The molecule has 28 heavy (non-hydrogen) atoms. The molecule has 1 aromatic carbocycles. The average Bonchev–Trinajstić information content (AvgIpc) is 3.39. The van der Waals surface area contributed by atoms with Crippen molar-refractivity contribution >= 4 is 11.3 Å². The first kappa shape index (κ1) is 17.9. The second-order valence-corrected chi connectivity index (χ2v) is 8.33. The molecule has 1 saturated heterocycles. The Bertz CT molecular complexity index is 970. The van der Waals surface area contributed by atoms with Gasteiger partial charge in [-0.25, -0.2) is 14.4 Å². The molecule has 1 aliphatic heterocycles. The molecule has 3 aromatic rings. The molecule has 2 aliphatic rings. The van der Waals surface area contributed by atoms with Crippen LogP contribution >= 0.6 is 11.3 Å². The van der Waals surface area contributed by atoms with Crippen molar-refractivity contribution in [2.45, 2.75) is 44.0 Å². The number of nitrogens with zero attached hydrogens (tertiary/aromatic N) is 2. The SMILES string of the molecule is Fc1cccc(-c2nc(-c3cccs3)cc(C3COC4(CCCCC4)O3)n2)c1. The van der Waals surface area contributed by atoms with Gasteiger partial charge in [0.05, 0.1) is 22.9 Å². The Morgan fingerprint density at radius 1 is 1.04 bits per heavy atom. The first-order chi connectivity index (χ1) is 13.7. The smallest absolute Gasteiger partial charge is 0.169 e. The fourth-order valence-corrected chi connectivity index (χ4v) is 4.68. The van der Waals surface area contributed by atoms with Gasteiger partial charge in [-0.1, -0.05) is 24.6 Å². The number of hydrogen-bond donors (Lipinski definition) is 0. The van der Waals surface area contributed by atoms with Crippen molar-refractivity contribution in [3.8, 4) is 22.0 Å². The van der Waals surface area contributed by atoms with Crippen molar-refractivity contribution in [1.29, 1.82) is 0 Å². The quantitative estimate of drug-likeness (QED) is 0.565. The zero-order valence-corrected chi connectivity index (χ0v) is 16.3. The van der Waals surface area contributed by atoms with Crippen molar-refractivity contribution in [1.82, 2.24) is 9.97 Å². The standard InChI is InChI=1S/C22H21FN2O2S/c23-16-7-4-6-15(12-16)21-24-17(13-18(25-21)20-8-5-11-28-20)19-14-26-22(27-19)9-2-1-3-10-22/h4-8,11-13,19H,1-3,9-10,14H2. The summed E-state index contributed by atoms with van der Waals surface area (Å²) in [5.74, 6) is -0.255. The number of ether oxygens (including phenoxy) is 2. The van der Waals surface area contributed by atoms with Crippen LogP contribution in [-0.4, -0.2) is 22.4 Å². The molecule has 2 aromatic heterocycles. The molecule has 3 heterocycles. The molecule has 5 rings (SSSR count). The van der Waals surface area contributed by atoms with Gasteiger partial charge in [0.15, 0.2) is 11.6 Å². The first-order valence-electron chi connectivity index (χ1n) is 9.71. The van der Waals surface area contributed by atoms with Gasteiger partial charge >= 0.3 is 0 Å². The Labute approximate surface area is 167 Å². The van der Waals surface area contributed by atoms with E-state index in [-0.39, 0.29) is 11.9 Å². The van der Waals surface area contributed by atoms with Crippen molar-refractivity contribution in [2.75, 3.05) is 6.61 Å². The van der Waals surface area contributed by atoms with Crippen LogP contribution in [0.25, 0.3) is 22.0 Å². The van der Waals surface area contributed by atoms with E-state index in [4.69, 9.17) is 19.4 Å². The lowest BCUT2D eigenvalue weighted by Gasteiger charge is -2.31. The average molecular weight is 396 g/mol. The van der Waals surface area contributed by atoms with Crippen LogP contribution in [0, 0.1) is 5.82 Å². The summed E-state index contributed by atoms with van der Waals surface area (Å²) < 4.78 is 26.3. The fraction of sp³-hybridized carbons (Fsp3) is 0.364. The van der Waals surface area contributed by atoms with Gasteiger partial charge in [-0.15, -0.1) is 11.3 Å². The van der Waals surface area contributed by atoms with E-state index < -0.39 is 5.79 Å². The minimum atomic E-state index is -0.462. The van der Waals surface area contributed by atoms with E-state index in [1.807, 2.05) is 29.6 Å². The van der Waals surface area contributed by atoms with E-state index in [9.17, 15) is 4.39 Å². The summed E-state index contributed by atoms with van der Waals surface area (Å²) in [6.07, 6.45) is 5.13. The molecule has 1 spiro atoms. The molecule has 1 aliphatic carbocycles. The summed E-state index contributed by atoms with van der Waals surface area (Å²) in [7, 11) is 0. The third-order valence-electron chi connectivity index (χ3n) is 5.40. The number of hydrogen-bond acceptors (Lipinski definition) is 5.